The van der Waals surface area contributed by atoms with Crippen LogP contribution in [0.1, 0.15) is 84.3 Å². The summed E-state index contributed by atoms with van der Waals surface area (Å²) in [5, 5.41) is 31.1. The maximum Gasteiger partial charge on any atom is 0.303 e. The van der Waals surface area contributed by atoms with Gasteiger partial charge in [0.05, 0.1) is 18.9 Å². The van der Waals surface area contributed by atoms with Gasteiger partial charge in [0.15, 0.2) is 0 Å². The summed E-state index contributed by atoms with van der Waals surface area (Å²) in [5.41, 5.74) is 3.24. The molecule has 1 aliphatic heterocycles. The van der Waals surface area contributed by atoms with E-state index in [1.807, 2.05) is 44.2 Å². The Bertz CT molecular complexity index is 1690. The second-order valence-electron chi connectivity index (χ2n) is 13.8. The molecule has 3 rings (SSSR count). The molecule has 2 aromatic carbocycles. The molecule has 7 amide bonds. The molecule has 0 radical (unpaired) electrons. The first kappa shape index (κ1) is 48.3. The van der Waals surface area contributed by atoms with Crippen LogP contribution in [0.3, 0.4) is 0 Å². The van der Waals surface area contributed by atoms with Crippen molar-refractivity contribution >= 4 is 53.0 Å². The number of carboxylic acid groups (broad SMARTS) is 1. The molecule has 58 heavy (non-hydrogen) atoms. The number of amides is 7. The van der Waals surface area contributed by atoms with Crippen molar-refractivity contribution in [2.24, 2.45) is 11.8 Å². The minimum absolute atomic E-state index is 0.0133. The number of aliphatic carboxylic acids is 1. The molecular formula is C41H59N7O10. The van der Waals surface area contributed by atoms with Crippen LogP contribution in [0.15, 0.2) is 54.6 Å². The third kappa shape index (κ3) is 16.3. The van der Waals surface area contributed by atoms with Crippen LogP contribution in [-0.2, 0) is 51.2 Å². The molecule has 17 heteroatoms. The Balaban J connectivity index is 0.00000571. The summed E-state index contributed by atoms with van der Waals surface area (Å²) in [7, 11) is 0. The number of rotatable bonds is 20. The lowest BCUT2D eigenvalue weighted by molar-refractivity contribution is -0.139. The van der Waals surface area contributed by atoms with E-state index in [0.717, 1.165) is 5.56 Å². The highest BCUT2D eigenvalue weighted by Gasteiger charge is 2.32. The fourth-order valence-corrected chi connectivity index (χ4v) is 6.15. The lowest BCUT2D eigenvalue weighted by Crippen LogP contribution is -2.56. The summed E-state index contributed by atoms with van der Waals surface area (Å²) < 4.78 is 0. The van der Waals surface area contributed by atoms with Gasteiger partial charge >= 0.3 is 5.97 Å². The van der Waals surface area contributed by atoms with E-state index < -0.39 is 78.4 Å². The summed E-state index contributed by atoms with van der Waals surface area (Å²) in [6, 6.07) is 12.4. The molecule has 17 nitrogen and oxygen atoms in total. The number of carboxylic acids is 1. The van der Waals surface area contributed by atoms with Gasteiger partial charge in [0.2, 0.25) is 35.4 Å². The number of carbonyl (C=O) groups excluding carboxylic acids is 7. The molecule has 1 fully saturated rings. The molecule has 8 N–H and O–H groups in total. The number of hydrogen-bond acceptors (Lipinski definition) is 9. The van der Waals surface area contributed by atoms with Crippen LogP contribution < -0.4 is 32.1 Å². The third-order valence-electron chi connectivity index (χ3n) is 9.60. The van der Waals surface area contributed by atoms with Gasteiger partial charge in [-0.2, -0.15) is 0 Å². The highest BCUT2D eigenvalue weighted by atomic mass is 16.5. The van der Waals surface area contributed by atoms with Crippen LogP contribution in [0.4, 0.5) is 5.69 Å². The van der Waals surface area contributed by atoms with Gasteiger partial charge in [-0.1, -0.05) is 83.5 Å². The maximum absolute atomic E-state index is 13.5. The average Bonchev–Trinajstić information content (AvgIpc) is 3.23. The standard InChI is InChI=1S/C39H53N7O10.C2H6/c1-4-24(3)35(39(55)42-29(38(54)45-56)17-18-34(50)51)44-32(48)22-40-31(47)21-26-13-15-28(16-14-26)41-37(53)30(20-25-10-7-6-8-11-25)43-36(52)27-12-9-19-46(23-27)33(49)5-2;1-2/h6-8,10-11,13-16,24,27,29-30,35,56H,4-5,9,12,17-23H2,1-3H3,(H,40,47)(H,41,53)(H,42,55)(H,43,52)(H,44,48)(H,45,54)(H,50,51);1-2H3. The second kappa shape index (κ2) is 25.4. The van der Waals surface area contributed by atoms with Crippen molar-refractivity contribution < 1.29 is 48.7 Å². The first-order valence-corrected chi connectivity index (χ1v) is 19.8. The summed E-state index contributed by atoms with van der Waals surface area (Å²) in [6.45, 7) is 9.70. The Morgan fingerprint density at radius 2 is 1.48 bits per heavy atom. The Kier molecular flexibility index (Phi) is 21.2. The van der Waals surface area contributed by atoms with E-state index in [1.54, 1.807) is 49.9 Å². The zero-order chi connectivity index (χ0) is 43.2. The summed E-state index contributed by atoms with van der Waals surface area (Å²) >= 11 is 0. The van der Waals surface area contributed by atoms with Crippen molar-refractivity contribution in [1.29, 1.82) is 0 Å². The van der Waals surface area contributed by atoms with Gasteiger partial charge in [0.25, 0.3) is 5.91 Å². The topological polar surface area (TPSA) is 252 Å². The molecule has 0 aromatic heterocycles. The number of likely N-dealkylation sites (tertiary alicyclic amines) is 1. The fraction of sp³-hybridized carbons (Fsp3) is 0.512. The molecule has 1 aliphatic rings. The lowest BCUT2D eigenvalue weighted by atomic mass is 9.95. The Morgan fingerprint density at radius 1 is 0.810 bits per heavy atom. The van der Waals surface area contributed by atoms with Crippen molar-refractivity contribution in [3.63, 3.8) is 0 Å². The number of carbonyl (C=O) groups is 8. The predicted octanol–water partition coefficient (Wildman–Crippen LogP) is 2.07. The monoisotopic (exact) mass is 809 g/mol. The number of piperidine rings is 1. The van der Waals surface area contributed by atoms with Crippen LogP contribution in [0, 0.1) is 11.8 Å². The van der Waals surface area contributed by atoms with E-state index in [-0.39, 0.29) is 31.1 Å². The number of benzene rings is 2. The van der Waals surface area contributed by atoms with E-state index in [4.69, 9.17) is 10.3 Å². The minimum atomic E-state index is -1.36. The second-order valence-corrected chi connectivity index (χ2v) is 13.8. The van der Waals surface area contributed by atoms with E-state index in [1.165, 1.54) is 5.48 Å². The van der Waals surface area contributed by atoms with Crippen molar-refractivity contribution in [3.8, 4) is 0 Å². The number of anilines is 1. The molecule has 5 atom stereocenters. The van der Waals surface area contributed by atoms with Crippen LogP contribution in [-0.4, -0.2) is 100 Å². The first-order chi connectivity index (χ1) is 27.7. The van der Waals surface area contributed by atoms with E-state index >= 15 is 0 Å². The van der Waals surface area contributed by atoms with Crippen molar-refractivity contribution in [3.05, 3.63) is 65.7 Å². The summed E-state index contributed by atoms with van der Waals surface area (Å²) in [6.07, 6.45) is 1.50. The Morgan fingerprint density at radius 3 is 2.09 bits per heavy atom. The number of hydroxylamine groups is 1. The van der Waals surface area contributed by atoms with E-state index in [9.17, 15) is 38.4 Å². The van der Waals surface area contributed by atoms with Crippen molar-refractivity contribution in [2.45, 2.75) is 104 Å². The SMILES string of the molecule is CC.CCC(=O)N1CCCC(C(=O)NC(Cc2ccccc2)C(=O)Nc2ccc(CC(=O)NCC(=O)NC(C(=O)NC(CCC(=O)O)C(=O)NO)C(C)CC)cc2)C1. The van der Waals surface area contributed by atoms with Crippen LogP contribution in [0.5, 0.6) is 0 Å². The van der Waals surface area contributed by atoms with Crippen molar-refractivity contribution in [2.75, 3.05) is 25.0 Å². The number of nitrogens with zero attached hydrogens (tertiary/aromatic N) is 1. The third-order valence-corrected chi connectivity index (χ3v) is 9.60. The highest BCUT2D eigenvalue weighted by Crippen LogP contribution is 2.19. The first-order valence-electron chi connectivity index (χ1n) is 19.8. The van der Waals surface area contributed by atoms with Crippen molar-refractivity contribution in [1.82, 2.24) is 31.6 Å². The summed E-state index contributed by atoms with van der Waals surface area (Å²) in [4.78, 5) is 102. The number of hydrogen-bond donors (Lipinski definition) is 8. The zero-order valence-electron chi connectivity index (χ0n) is 34.0. The maximum atomic E-state index is 13.5. The van der Waals surface area contributed by atoms with Gasteiger partial charge in [-0.3, -0.25) is 43.6 Å². The van der Waals surface area contributed by atoms with Gasteiger partial charge in [-0.25, -0.2) is 5.48 Å². The van der Waals surface area contributed by atoms with Gasteiger partial charge in [-0.05, 0) is 48.4 Å². The zero-order valence-corrected chi connectivity index (χ0v) is 34.0. The molecule has 5 unspecified atom stereocenters. The fourth-order valence-electron chi connectivity index (χ4n) is 6.15. The molecule has 1 saturated heterocycles. The quantitative estimate of drug-likeness (QED) is 0.0714. The molecular weight excluding hydrogens is 750 g/mol. The molecule has 0 bridgehead atoms. The molecule has 2 aromatic rings. The average molecular weight is 810 g/mol. The highest BCUT2D eigenvalue weighted by molar-refractivity contribution is 5.98. The van der Waals surface area contributed by atoms with Crippen LogP contribution in [0.2, 0.25) is 0 Å². The van der Waals surface area contributed by atoms with E-state index in [2.05, 4.69) is 26.6 Å². The smallest absolute Gasteiger partial charge is 0.303 e. The predicted molar refractivity (Wildman–Crippen MR) is 215 cm³/mol. The largest absolute Gasteiger partial charge is 0.481 e. The van der Waals surface area contributed by atoms with Gasteiger partial charge < -0.3 is 36.6 Å². The van der Waals surface area contributed by atoms with E-state index in [0.29, 0.717) is 50.0 Å². The van der Waals surface area contributed by atoms with Gasteiger partial charge in [0.1, 0.15) is 18.1 Å². The molecule has 0 saturated carbocycles. The van der Waals surface area contributed by atoms with Gasteiger partial charge in [-0.15, -0.1) is 0 Å². The minimum Gasteiger partial charge on any atom is -0.481 e. The van der Waals surface area contributed by atoms with Gasteiger partial charge in [0, 0.05) is 38.0 Å². The van der Waals surface area contributed by atoms with Crippen LogP contribution >= 0.6 is 0 Å². The van der Waals surface area contributed by atoms with Crippen LogP contribution in [0.25, 0.3) is 0 Å². The Labute approximate surface area is 339 Å². The summed E-state index contributed by atoms with van der Waals surface area (Å²) in [5.74, 6) is -5.75. The molecule has 0 spiro atoms. The molecule has 1 heterocycles. The molecule has 318 valence electrons. The number of nitrogens with one attached hydrogen (secondary N) is 6. The normalized spacial score (nSPS) is 15.4. The Hall–Kier alpha value is -5.84. The lowest BCUT2D eigenvalue weighted by Gasteiger charge is -2.32. The molecule has 0 aliphatic carbocycles.